The van der Waals surface area contributed by atoms with Gasteiger partial charge in [-0.2, -0.15) is 0 Å². The normalized spacial score (nSPS) is 13.9. The molecular weight excluding hydrogens is 136 g/mol. The van der Waals surface area contributed by atoms with Gasteiger partial charge >= 0.3 is 0 Å². The van der Waals surface area contributed by atoms with Crippen LogP contribution in [-0.4, -0.2) is 38.6 Å². The highest BCUT2D eigenvalue weighted by Crippen LogP contribution is 2.00. The van der Waals surface area contributed by atoms with Crippen molar-refractivity contribution in [2.45, 2.75) is 32.2 Å². The highest BCUT2D eigenvalue weighted by Gasteiger charge is 2.05. The van der Waals surface area contributed by atoms with Crippen LogP contribution in [0.15, 0.2) is 0 Å². The highest BCUT2D eigenvalue weighted by molar-refractivity contribution is 4.66. The Morgan fingerprint density at radius 2 is 2.00 bits per heavy atom. The topological polar surface area (TPSA) is 15.3 Å². The van der Waals surface area contributed by atoms with Crippen LogP contribution in [0.1, 0.15) is 26.2 Å². The van der Waals surface area contributed by atoms with Crippen LogP contribution in [0, 0.1) is 0 Å². The van der Waals surface area contributed by atoms with Gasteiger partial charge in [0.25, 0.3) is 0 Å². The summed E-state index contributed by atoms with van der Waals surface area (Å²) >= 11 is 0. The molecule has 0 aliphatic carbocycles. The number of nitrogens with zero attached hydrogens (tertiary/aromatic N) is 1. The molecule has 0 rings (SSSR count). The second-order valence-corrected chi connectivity index (χ2v) is 3.39. The molecule has 68 valence electrons. The number of hydrogen-bond donors (Lipinski definition) is 1. The second kappa shape index (κ2) is 6.62. The number of nitrogens with one attached hydrogen (secondary N) is 1. The summed E-state index contributed by atoms with van der Waals surface area (Å²) in [6.45, 7) is 3.39. The van der Waals surface area contributed by atoms with Crippen molar-refractivity contribution in [2.24, 2.45) is 0 Å². The Morgan fingerprint density at radius 1 is 1.36 bits per heavy atom. The van der Waals surface area contributed by atoms with Crippen molar-refractivity contribution in [3.05, 3.63) is 0 Å². The maximum absolute atomic E-state index is 3.33. The minimum atomic E-state index is 0.671. The molecule has 0 saturated heterocycles. The SMILES string of the molecule is CCCCC(CN(C)C)NC. The monoisotopic (exact) mass is 158 g/mol. The van der Waals surface area contributed by atoms with Gasteiger partial charge in [0.2, 0.25) is 0 Å². The predicted molar refractivity (Wildman–Crippen MR) is 50.9 cm³/mol. The van der Waals surface area contributed by atoms with E-state index in [2.05, 4.69) is 31.2 Å². The Hall–Kier alpha value is -0.0800. The van der Waals surface area contributed by atoms with Gasteiger partial charge < -0.3 is 10.2 Å². The minimum Gasteiger partial charge on any atom is -0.316 e. The van der Waals surface area contributed by atoms with Crippen LogP contribution in [0.2, 0.25) is 0 Å². The van der Waals surface area contributed by atoms with E-state index in [1.807, 2.05) is 7.05 Å². The van der Waals surface area contributed by atoms with Gasteiger partial charge in [0.15, 0.2) is 0 Å². The van der Waals surface area contributed by atoms with Crippen LogP contribution in [0.5, 0.6) is 0 Å². The fourth-order valence-electron chi connectivity index (χ4n) is 1.22. The first-order valence-electron chi connectivity index (χ1n) is 4.52. The third-order valence-electron chi connectivity index (χ3n) is 1.90. The molecule has 0 heterocycles. The van der Waals surface area contributed by atoms with Crippen molar-refractivity contribution >= 4 is 0 Å². The van der Waals surface area contributed by atoms with E-state index in [1.54, 1.807) is 0 Å². The summed E-state index contributed by atoms with van der Waals surface area (Å²) in [5.41, 5.74) is 0. The van der Waals surface area contributed by atoms with E-state index in [0.29, 0.717) is 6.04 Å². The van der Waals surface area contributed by atoms with Gasteiger partial charge in [0, 0.05) is 12.6 Å². The van der Waals surface area contributed by atoms with E-state index in [4.69, 9.17) is 0 Å². The standard InChI is InChI=1S/C9H22N2/c1-5-6-7-9(10-2)8-11(3)4/h9-10H,5-8H2,1-4H3. The largest absolute Gasteiger partial charge is 0.316 e. The third kappa shape index (κ3) is 6.32. The van der Waals surface area contributed by atoms with Crippen molar-refractivity contribution in [1.29, 1.82) is 0 Å². The molecule has 1 atom stereocenters. The summed E-state index contributed by atoms with van der Waals surface area (Å²) in [5.74, 6) is 0. The fraction of sp³-hybridized carbons (Fsp3) is 1.00. The number of unbranched alkanes of at least 4 members (excludes halogenated alkanes) is 1. The molecule has 0 fully saturated rings. The first kappa shape index (κ1) is 10.9. The summed E-state index contributed by atoms with van der Waals surface area (Å²) in [5, 5.41) is 3.33. The van der Waals surface area contributed by atoms with Gasteiger partial charge in [-0.3, -0.25) is 0 Å². The zero-order valence-corrected chi connectivity index (χ0v) is 8.35. The Labute approximate surface area is 71.0 Å². The van der Waals surface area contributed by atoms with Gasteiger partial charge in [0.1, 0.15) is 0 Å². The van der Waals surface area contributed by atoms with Gasteiger partial charge in [-0.15, -0.1) is 0 Å². The molecular formula is C9H22N2. The van der Waals surface area contributed by atoms with E-state index >= 15 is 0 Å². The molecule has 0 aromatic carbocycles. The summed E-state index contributed by atoms with van der Waals surface area (Å²) < 4.78 is 0. The number of rotatable bonds is 6. The van der Waals surface area contributed by atoms with Crippen molar-refractivity contribution in [3.63, 3.8) is 0 Å². The second-order valence-electron chi connectivity index (χ2n) is 3.39. The van der Waals surface area contributed by atoms with Gasteiger partial charge in [-0.1, -0.05) is 19.8 Å². The zero-order chi connectivity index (χ0) is 8.69. The molecule has 11 heavy (non-hydrogen) atoms. The Bertz CT molecular complexity index is 81.6. The third-order valence-corrected chi connectivity index (χ3v) is 1.90. The molecule has 0 aliphatic heterocycles. The quantitative estimate of drug-likeness (QED) is 0.627. The van der Waals surface area contributed by atoms with Crippen LogP contribution in [-0.2, 0) is 0 Å². The molecule has 0 aromatic heterocycles. The number of likely N-dealkylation sites (N-methyl/N-ethyl adjacent to an activating group) is 2. The van der Waals surface area contributed by atoms with E-state index in [1.165, 1.54) is 19.3 Å². The summed E-state index contributed by atoms with van der Waals surface area (Å²) in [6, 6.07) is 0.671. The predicted octanol–water partition coefficient (Wildman–Crippen LogP) is 1.33. The van der Waals surface area contributed by atoms with Crippen LogP contribution in [0.25, 0.3) is 0 Å². The van der Waals surface area contributed by atoms with Crippen LogP contribution < -0.4 is 5.32 Å². The van der Waals surface area contributed by atoms with E-state index < -0.39 is 0 Å². The van der Waals surface area contributed by atoms with E-state index in [9.17, 15) is 0 Å². The Morgan fingerprint density at radius 3 is 2.36 bits per heavy atom. The molecule has 0 amide bonds. The van der Waals surface area contributed by atoms with Gasteiger partial charge in [0.05, 0.1) is 0 Å². The van der Waals surface area contributed by atoms with Crippen molar-refractivity contribution in [1.82, 2.24) is 10.2 Å². The summed E-state index contributed by atoms with van der Waals surface area (Å²) in [7, 11) is 6.29. The van der Waals surface area contributed by atoms with E-state index in [0.717, 1.165) is 6.54 Å². The molecule has 0 saturated carbocycles. The first-order valence-corrected chi connectivity index (χ1v) is 4.52. The average molecular weight is 158 g/mol. The lowest BCUT2D eigenvalue weighted by atomic mass is 10.1. The summed E-state index contributed by atoms with van der Waals surface area (Å²) in [4.78, 5) is 2.23. The Kier molecular flexibility index (Phi) is 6.57. The maximum Gasteiger partial charge on any atom is 0.0191 e. The van der Waals surface area contributed by atoms with Gasteiger partial charge in [-0.05, 0) is 27.6 Å². The molecule has 0 radical (unpaired) electrons. The Balaban J connectivity index is 3.41. The highest BCUT2D eigenvalue weighted by atomic mass is 15.1. The first-order chi connectivity index (χ1) is 5.20. The van der Waals surface area contributed by atoms with Crippen molar-refractivity contribution in [2.75, 3.05) is 27.7 Å². The zero-order valence-electron chi connectivity index (χ0n) is 8.35. The molecule has 2 heteroatoms. The fourth-order valence-corrected chi connectivity index (χ4v) is 1.22. The van der Waals surface area contributed by atoms with Crippen molar-refractivity contribution in [3.8, 4) is 0 Å². The smallest absolute Gasteiger partial charge is 0.0191 e. The molecule has 1 N–H and O–H groups in total. The molecule has 0 aromatic rings. The van der Waals surface area contributed by atoms with Crippen LogP contribution in [0.3, 0.4) is 0 Å². The van der Waals surface area contributed by atoms with Crippen molar-refractivity contribution < 1.29 is 0 Å². The lowest BCUT2D eigenvalue weighted by molar-refractivity contribution is 0.333. The molecule has 0 bridgehead atoms. The maximum atomic E-state index is 3.33. The minimum absolute atomic E-state index is 0.671. The van der Waals surface area contributed by atoms with Gasteiger partial charge in [-0.25, -0.2) is 0 Å². The molecule has 0 aliphatic rings. The van der Waals surface area contributed by atoms with Crippen LogP contribution >= 0.6 is 0 Å². The lowest BCUT2D eigenvalue weighted by Crippen LogP contribution is -2.35. The van der Waals surface area contributed by atoms with E-state index in [-0.39, 0.29) is 0 Å². The molecule has 2 nitrogen and oxygen atoms in total. The lowest BCUT2D eigenvalue weighted by Gasteiger charge is -2.19. The molecule has 0 spiro atoms. The summed E-state index contributed by atoms with van der Waals surface area (Å²) in [6.07, 6.45) is 3.93. The average Bonchev–Trinajstić information content (AvgIpc) is 1.97. The number of hydrogen-bond acceptors (Lipinski definition) is 2. The molecule has 1 unspecified atom stereocenters. The van der Waals surface area contributed by atoms with Crippen LogP contribution in [0.4, 0.5) is 0 Å².